The third-order valence-electron chi connectivity index (χ3n) is 2.15. The monoisotopic (exact) mass is 217 g/mol. The van der Waals surface area contributed by atoms with Gasteiger partial charge in [-0.05, 0) is 29.4 Å². The first kappa shape index (κ1) is 10.3. The van der Waals surface area contributed by atoms with Crippen LogP contribution in [0.1, 0.15) is 0 Å². The minimum Gasteiger partial charge on any atom is -0.399 e. The van der Waals surface area contributed by atoms with Crippen LogP contribution < -0.4 is 10.3 Å². The number of azo groups is 1. The van der Waals surface area contributed by atoms with E-state index in [1.807, 2.05) is 26.2 Å². The van der Waals surface area contributed by atoms with Crippen LogP contribution in [0.4, 0.5) is 17.3 Å². The van der Waals surface area contributed by atoms with E-state index in [1.165, 1.54) is 0 Å². The van der Waals surface area contributed by atoms with Crippen molar-refractivity contribution in [1.29, 1.82) is 0 Å². The normalized spacial score (nSPS) is 11.1. The number of anilines is 1. The van der Waals surface area contributed by atoms with E-state index in [9.17, 15) is 0 Å². The van der Waals surface area contributed by atoms with Crippen molar-refractivity contribution in [3.8, 4) is 0 Å². The van der Waals surface area contributed by atoms with E-state index in [0.717, 1.165) is 5.69 Å². The average molecular weight is 217 g/mol. The predicted molar refractivity (Wildman–Crippen MR) is 59.4 cm³/mol. The molecule has 2 rings (SSSR count). The Morgan fingerprint density at radius 1 is 1.25 bits per heavy atom. The Kier molecular flexibility index (Phi) is 2.63. The highest BCUT2D eigenvalue weighted by Gasteiger charge is 2.10. The van der Waals surface area contributed by atoms with Crippen LogP contribution in [0, 0.1) is 0 Å². The smallest absolute Gasteiger partial charge is 0.399 e. The van der Waals surface area contributed by atoms with Crippen molar-refractivity contribution < 1.29 is 4.57 Å². The molecule has 0 radical (unpaired) electrons. The first-order chi connectivity index (χ1) is 7.66. The number of nitrogens with zero attached hydrogens (tertiary/aromatic N) is 5. The standard InChI is InChI=1S/C10H12N6/c1-15-7-12-16(2)10(15)14-13-9-5-3-8(11)4-6-9/h3-7,11H,1-2H3/p+1. The molecule has 0 saturated heterocycles. The van der Waals surface area contributed by atoms with Crippen molar-refractivity contribution in [2.75, 3.05) is 5.73 Å². The van der Waals surface area contributed by atoms with Crippen LogP contribution in [0.15, 0.2) is 40.8 Å². The highest BCUT2D eigenvalue weighted by Crippen LogP contribution is 2.16. The fourth-order valence-electron chi connectivity index (χ4n) is 1.27. The second kappa shape index (κ2) is 4.09. The lowest BCUT2D eigenvalue weighted by Gasteiger charge is -1.91. The van der Waals surface area contributed by atoms with E-state index in [4.69, 9.17) is 5.73 Å². The third kappa shape index (κ3) is 2.05. The van der Waals surface area contributed by atoms with Crippen LogP contribution in [-0.2, 0) is 14.1 Å². The summed E-state index contributed by atoms with van der Waals surface area (Å²) in [7, 11) is 3.68. The highest BCUT2D eigenvalue weighted by atomic mass is 15.4. The lowest BCUT2D eigenvalue weighted by atomic mass is 10.3. The maximum absolute atomic E-state index is 5.58. The molecule has 0 aliphatic heterocycles. The summed E-state index contributed by atoms with van der Waals surface area (Å²) in [5.74, 6) is 0.678. The Morgan fingerprint density at radius 2 is 1.94 bits per heavy atom. The van der Waals surface area contributed by atoms with E-state index < -0.39 is 0 Å². The molecule has 0 aliphatic rings. The average Bonchev–Trinajstić information content (AvgIpc) is 2.59. The van der Waals surface area contributed by atoms with Crippen LogP contribution >= 0.6 is 0 Å². The summed E-state index contributed by atoms with van der Waals surface area (Å²) in [6, 6.07) is 7.21. The molecule has 16 heavy (non-hydrogen) atoms. The fourth-order valence-corrected chi connectivity index (χ4v) is 1.27. The molecular weight excluding hydrogens is 204 g/mol. The SMILES string of the molecule is Cn1nc[n+](C)c1N=Nc1ccc(N)cc1. The number of aromatic nitrogens is 3. The zero-order valence-corrected chi connectivity index (χ0v) is 9.20. The number of hydrogen-bond acceptors (Lipinski definition) is 4. The molecule has 0 aliphatic carbocycles. The molecule has 82 valence electrons. The molecule has 6 heteroatoms. The summed E-state index contributed by atoms with van der Waals surface area (Å²) >= 11 is 0. The molecule has 0 amide bonds. The number of nitrogens with two attached hydrogens (primary N) is 1. The number of hydrogen-bond donors (Lipinski definition) is 1. The first-order valence-electron chi connectivity index (χ1n) is 4.82. The molecule has 2 aromatic rings. The van der Waals surface area contributed by atoms with Gasteiger partial charge < -0.3 is 5.73 Å². The van der Waals surface area contributed by atoms with Crippen molar-refractivity contribution in [3.05, 3.63) is 30.6 Å². The van der Waals surface area contributed by atoms with Gasteiger partial charge in [0.15, 0.2) is 0 Å². The molecule has 0 unspecified atom stereocenters. The number of benzene rings is 1. The van der Waals surface area contributed by atoms with Gasteiger partial charge in [-0.3, -0.25) is 0 Å². The number of nitrogen functional groups attached to an aromatic ring is 1. The molecule has 6 nitrogen and oxygen atoms in total. The van der Waals surface area contributed by atoms with E-state index in [0.29, 0.717) is 11.6 Å². The molecule has 0 saturated carbocycles. The molecule has 0 fully saturated rings. The molecule has 0 atom stereocenters. The van der Waals surface area contributed by atoms with Crippen LogP contribution in [0.2, 0.25) is 0 Å². The van der Waals surface area contributed by atoms with Crippen LogP contribution in [-0.4, -0.2) is 9.78 Å². The van der Waals surface area contributed by atoms with E-state index in [2.05, 4.69) is 15.3 Å². The fraction of sp³-hybridized carbons (Fsp3) is 0.200. The summed E-state index contributed by atoms with van der Waals surface area (Å²) in [4.78, 5) is 0. The summed E-state index contributed by atoms with van der Waals surface area (Å²) in [5.41, 5.74) is 7.05. The molecule has 2 N–H and O–H groups in total. The van der Waals surface area contributed by atoms with Gasteiger partial charge in [0.05, 0.1) is 19.8 Å². The van der Waals surface area contributed by atoms with Gasteiger partial charge in [-0.1, -0.05) is 5.11 Å². The summed E-state index contributed by atoms with van der Waals surface area (Å²) in [6.07, 6.45) is 1.68. The second-order valence-electron chi connectivity index (χ2n) is 3.46. The van der Waals surface area contributed by atoms with Gasteiger partial charge in [0.1, 0.15) is 0 Å². The third-order valence-corrected chi connectivity index (χ3v) is 2.15. The van der Waals surface area contributed by atoms with Gasteiger partial charge in [0.25, 0.3) is 0 Å². The zero-order valence-electron chi connectivity index (χ0n) is 9.20. The van der Waals surface area contributed by atoms with Gasteiger partial charge in [0.2, 0.25) is 6.33 Å². The molecule has 1 heterocycles. The van der Waals surface area contributed by atoms with Crippen molar-refractivity contribution in [2.45, 2.75) is 0 Å². The van der Waals surface area contributed by atoms with Crippen molar-refractivity contribution >= 4 is 17.3 Å². The van der Waals surface area contributed by atoms with Crippen molar-refractivity contribution in [1.82, 2.24) is 9.78 Å². The van der Waals surface area contributed by atoms with Crippen molar-refractivity contribution in [2.24, 2.45) is 24.3 Å². The van der Waals surface area contributed by atoms with Crippen LogP contribution in [0.3, 0.4) is 0 Å². The molecule has 1 aromatic heterocycles. The van der Waals surface area contributed by atoms with Gasteiger partial charge in [-0.2, -0.15) is 0 Å². The summed E-state index contributed by atoms with van der Waals surface area (Å²) < 4.78 is 3.45. The minimum absolute atomic E-state index is 0.678. The molecule has 0 bridgehead atoms. The molecule has 1 aromatic carbocycles. The van der Waals surface area contributed by atoms with Gasteiger partial charge in [-0.25, -0.2) is 4.57 Å². The quantitative estimate of drug-likeness (QED) is 0.467. The van der Waals surface area contributed by atoms with Crippen LogP contribution in [0.25, 0.3) is 0 Å². The lowest BCUT2D eigenvalue weighted by molar-refractivity contribution is -0.659. The largest absolute Gasteiger partial charge is 0.403 e. The maximum Gasteiger partial charge on any atom is 0.403 e. The highest BCUT2D eigenvalue weighted by molar-refractivity contribution is 5.47. The lowest BCUT2D eigenvalue weighted by Crippen LogP contribution is -2.25. The molecular formula is C10H13N6+. The Morgan fingerprint density at radius 3 is 2.50 bits per heavy atom. The second-order valence-corrected chi connectivity index (χ2v) is 3.46. The number of aryl methyl sites for hydroxylation is 2. The van der Waals surface area contributed by atoms with Gasteiger partial charge in [0, 0.05) is 10.8 Å². The van der Waals surface area contributed by atoms with Crippen molar-refractivity contribution in [3.63, 3.8) is 0 Å². The summed E-state index contributed by atoms with van der Waals surface area (Å²) in [6.45, 7) is 0. The van der Waals surface area contributed by atoms with Crippen LogP contribution in [0.5, 0.6) is 0 Å². The number of rotatable bonds is 2. The minimum atomic E-state index is 0.678. The molecule has 0 spiro atoms. The topological polar surface area (TPSA) is 72.4 Å². The van der Waals surface area contributed by atoms with E-state index in [1.54, 1.807) is 27.7 Å². The van der Waals surface area contributed by atoms with E-state index >= 15 is 0 Å². The summed E-state index contributed by atoms with van der Waals surface area (Å²) in [5, 5.41) is 12.3. The maximum atomic E-state index is 5.58. The Hall–Kier alpha value is -2.24. The first-order valence-corrected chi connectivity index (χ1v) is 4.82. The van der Waals surface area contributed by atoms with Gasteiger partial charge in [-0.15, -0.1) is 4.68 Å². The Balaban J connectivity index is 2.24. The zero-order chi connectivity index (χ0) is 11.5. The van der Waals surface area contributed by atoms with E-state index in [-0.39, 0.29) is 0 Å². The Bertz CT molecular complexity index is 491. The Labute approximate surface area is 93.0 Å². The predicted octanol–water partition coefficient (Wildman–Crippen LogP) is 1.24. The van der Waals surface area contributed by atoms with Gasteiger partial charge >= 0.3 is 5.95 Å².